The van der Waals surface area contributed by atoms with E-state index >= 15 is 0 Å². The molecular formula is C44H38N4O11. The Morgan fingerprint density at radius 2 is 0.763 bits per heavy atom. The molecule has 0 fully saturated rings. The summed E-state index contributed by atoms with van der Waals surface area (Å²) in [6.07, 6.45) is 4.02. The lowest BCUT2D eigenvalue weighted by atomic mass is 10.1. The zero-order chi connectivity index (χ0) is 43.3. The largest absolute Gasteiger partial charge is 0.459 e. The Morgan fingerprint density at radius 3 is 1.00 bits per heavy atom. The number of nitrogens with zero attached hydrogens (tertiary/aromatic N) is 4. The Hall–Kier alpha value is -8.06. The molecule has 0 aliphatic carbocycles. The van der Waals surface area contributed by atoms with Crippen LogP contribution in [0.5, 0.6) is 0 Å². The van der Waals surface area contributed by atoms with E-state index in [9.17, 15) is 39.8 Å². The summed E-state index contributed by atoms with van der Waals surface area (Å²) in [7, 11) is 0. The number of aliphatic hydroxyl groups is 1. The topological polar surface area (TPSA) is 226 Å². The van der Waals surface area contributed by atoms with Crippen molar-refractivity contribution < 1.29 is 52.8 Å². The monoisotopic (exact) mass is 798 g/mol. The Labute approximate surface area is 340 Å². The second kappa shape index (κ2) is 23.1. The SMILES string of the molecule is C=C(C)C(=O)OCCOC(=O)/C(C#N)=C/c1ccc(N(c2ccc(/C=C(\C#N)C(=O)OCCO)cc2)c2ccc(/C=C(\C#N)C(=O)OCCOC(=O)C(=C)C)cc2)cc1. The average molecular weight is 799 g/mol. The van der Waals surface area contributed by atoms with Crippen LogP contribution in [0.1, 0.15) is 30.5 Å². The minimum Gasteiger partial charge on any atom is -0.459 e. The van der Waals surface area contributed by atoms with Crippen LogP contribution in [-0.4, -0.2) is 74.6 Å². The number of carbonyl (C=O) groups is 5. The summed E-state index contributed by atoms with van der Waals surface area (Å²) >= 11 is 0. The molecule has 3 rings (SSSR count). The van der Waals surface area contributed by atoms with E-state index in [0.717, 1.165) is 0 Å². The van der Waals surface area contributed by atoms with Gasteiger partial charge in [0.05, 0.1) is 6.61 Å². The van der Waals surface area contributed by atoms with Gasteiger partial charge in [-0.3, -0.25) is 0 Å². The molecule has 15 nitrogen and oxygen atoms in total. The number of esters is 5. The molecule has 1 N–H and O–H groups in total. The van der Waals surface area contributed by atoms with Crippen LogP contribution in [-0.2, 0) is 47.7 Å². The van der Waals surface area contributed by atoms with E-state index in [1.54, 1.807) is 78.9 Å². The van der Waals surface area contributed by atoms with Gasteiger partial charge in [0, 0.05) is 28.2 Å². The molecule has 0 saturated heterocycles. The van der Waals surface area contributed by atoms with E-state index in [-0.39, 0.29) is 60.9 Å². The molecule has 59 heavy (non-hydrogen) atoms. The third kappa shape index (κ3) is 14.2. The highest BCUT2D eigenvalue weighted by Crippen LogP contribution is 2.35. The van der Waals surface area contributed by atoms with E-state index in [0.29, 0.717) is 33.8 Å². The summed E-state index contributed by atoms with van der Waals surface area (Å²) in [5, 5.41) is 37.7. The van der Waals surface area contributed by atoms with Gasteiger partial charge >= 0.3 is 29.8 Å². The predicted octanol–water partition coefficient (Wildman–Crippen LogP) is 5.74. The van der Waals surface area contributed by atoms with Crippen molar-refractivity contribution in [2.75, 3.05) is 44.5 Å². The van der Waals surface area contributed by atoms with Crippen molar-refractivity contribution in [3.63, 3.8) is 0 Å². The zero-order valence-corrected chi connectivity index (χ0v) is 32.1. The minimum absolute atomic E-state index is 0.186. The van der Waals surface area contributed by atoms with Gasteiger partial charge in [-0.05, 0) is 85.2 Å². The molecule has 0 aliphatic rings. The lowest BCUT2D eigenvalue weighted by Gasteiger charge is -2.26. The van der Waals surface area contributed by atoms with E-state index in [1.165, 1.54) is 32.1 Å². The van der Waals surface area contributed by atoms with Gasteiger partial charge < -0.3 is 33.7 Å². The van der Waals surface area contributed by atoms with Gasteiger partial charge in [0.2, 0.25) is 0 Å². The van der Waals surface area contributed by atoms with Crippen molar-refractivity contribution in [1.82, 2.24) is 0 Å². The molecule has 3 aromatic carbocycles. The molecule has 0 aromatic heterocycles. The molecular weight excluding hydrogens is 761 g/mol. The quantitative estimate of drug-likeness (QED) is 0.0502. The Bertz CT molecular complexity index is 2170. The first-order chi connectivity index (χ1) is 28.3. The Morgan fingerprint density at radius 1 is 0.508 bits per heavy atom. The molecule has 0 aliphatic heterocycles. The number of carbonyl (C=O) groups excluding carboxylic acids is 5. The molecule has 0 radical (unpaired) electrons. The van der Waals surface area contributed by atoms with E-state index in [4.69, 9.17) is 28.8 Å². The Balaban J connectivity index is 1.93. The fourth-order valence-corrected chi connectivity index (χ4v) is 4.67. The molecule has 0 spiro atoms. The van der Waals surface area contributed by atoms with Gasteiger partial charge in [0.25, 0.3) is 0 Å². The smallest absolute Gasteiger partial charge is 0.349 e. The highest BCUT2D eigenvalue weighted by Gasteiger charge is 2.17. The van der Waals surface area contributed by atoms with Crippen LogP contribution in [0.15, 0.2) is 114 Å². The number of rotatable bonds is 19. The first-order valence-electron chi connectivity index (χ1n) is 17.5. The molecule has 0 atom stereocenters. The molecule has 0 saturated carbocycles. The summed E-state index contributed by atoms with van der Waals surface area (Å²) in [6, 6.07) is 25.8. The van der Waals surface area contributed by atoms with Crippen molar-refractivity contribution in [2.45, 2.75) is 13.8 Å². The maximum absolute atomic E-state index is 12.5. The van der Waals surface area contributed by atoms with Gasteiger partial charge in [0.1, 0.15) is 68.0 Å². The number of hydrogen-bond acceptors (Lipinski definition) is 15. The number of benzene rings is 3. The molecule has 15 heteroatoms. The predicted molar refractivity (Wildman–Crippen MR) is 213 cm³/mol. The molecule has 0 heterocycles. The summed E-state index contributed by atoms with van der Waals surface area (Å²) in [5.74, 6) is -3.98. The summed E-state index contributed by atoms with van der Waals surface area (Å²) in [4.78, 5) is 62.2. The molecule has 0 bridgehead atoms. The number of nitriles is 3. The highest BCUT2D eigenvalue weighted by molar-refractivity contribution is 5.99. The van der Waals surface area contributed by atoms with Crippen LogP contribution in [0, 0.1) is 34.0 Å². The number of ether oxygens (including phenoxy) is 5. The van der Waals surface area contributed by atoms with Crippen molar-refractivity contribution >= 4 is 65.1 Å². The lowest BCUT2D eigenvalue weighted by Crippen LogP contribution is -2.15. The molecule has 0 unspecified atom stereocenters. The third-order valence-corrected chi connectivity index (χ3v) is 7.53. The zero-order valence-electron chi connectivity index (χ0n) is 32.1. The lowest BCUT2D eigenvalue weighted by molar-refractivity contribution is -0.147. The van der Waals surface area contributed by atoms with Crippen molar-refractivity contribution in [3.05, 3.63) is 131 Å². The average Bonchev–Trinajstić information content (AvgIpc) is 3.24. The van der Waals surface area contributed by atoms with Crippen molar-refractivity contribution in [1.29, 1.82) is 15.8 Å². The van der Waals surface area contributed by atoms with Crippen molar-refractivity contribution in [3.8, 4) is 18.2 Å². The standard InChI is InChI=1S/C44H38N4O11/c1-29(2)40(50)56-19-21-58-43(53)35(27-46)24-32-7-13-38(14-8-32)48(37-11-5-31(6-12-37)23-34(26-45)42(52)55-18-17-49)39-15-9-33(10-16-39)25-36(28-47)44(54)59-22-20-57-41(51)30(3)4/h5-16,23-25,49H,1,3,17-22H2,2,4H3/b34-23+,35-24+,36-25+. The van der Waals surface area contributed by atoms with E-state index < -0.39 is 36.5 Å². The first-order valence-corrected chi connectivity index (χ1v) is 17.5. The molecule has 0 amide bonds. The van der Waals surface area contributed by atoms with Crippen LogP contribution in [0.2, 0.25) is 0 Å². The van der Waals surface area contributed by atoms with Crippen LogP contribution >= 0.6 is 0 Å². The summed E-state index contributed by atoms with van der Waals surface area (Å²) in [6.45, 7) is 8.26. The fraction of sp³-hybridized carbons (Fsp3) is 0.182. The van der Waals surface area contributed by atoms with Crippen LogP contribution < -0.4 is 4.90 Å². The van der Waals surface area contributed by atoms with Crippen LogP contribution in [0.3, 0.4) is 0 Å². The minimum atomic E-state index is -0.911. The van der Waals surface area contributed by atoms with E-state index in [2.05, 4.69) is 13.2 Å². The normalized spacial score (nSPS) is 11.1. The second-order valence-electron chi connectivity index (χ2n) is 12.1. The number of hydrogen-bond donors (Lipinski definition) is 1. The Kier molecular flexibility index (Phi) is 17.8. The van der Waals surface area contributed by atoms with Gasteiger partial charge in [0.15, 0.2) is 0 Å². The first kappa shape index (κ1) is 45.3. The highest BCUT2D eigenvalue weighted by atomic mass is 16.6. The maximum atomic E-state index is 12.5. The number of aliphatic hydroxyl groups excluding tert-OH is 1. The van der Waals surface area contributed by atoms with Crippen LogP contribution in [0.4, 0.5) is 17.1 Å². The van der Waals surface area contributed by atoms with Gasteiger partial charge in [-0.1, -0.05) is 49.6 Å². The van der Waals surface area contributed by atoms with Gasteiger partial charge in [-0.15, -0.1) is 0 Å². The van der Waals surface area contributed by atoms with E-state index in [1.807, 2.05) is 17.0 Å². The summed E-state index contributed by atoms with van der Waals surface area (Å²) in [5.41, 5.74) is 2.85. The third-order valence-electron chi connectivity index (χ3n) is 7.53. The van der Waals surface area contributed by atoms with Gasteiger partial charge in [-0.25, -0.2) is 24.0 Å². The molecule has 3 aromatic rings. The molecule has 300 valence electrons. The van der Waals surface area contributed by atoms with Gasteiger partial charge in [-0.2, -0.15) is 15.8 Å². The summed E-state index contributed by atoms with van der Waals surface area (Å²) < 4.78 is 24.8. The van der Waals surface area contributed by atoms with Crippen LogP contribution in [0.25, 0.3) is 18.2 Å². The van der Waals surface area contributed by atoms with Crippen molar-refractivity contribution in [2.24, 2.45) is 0 Å². The number of anilines is 3. The second-order valence-corrected chi connectivity index (χ2v) is 12.1. The fourth-order valence-electron chi connectivity index (χ4n) is 4.67. The maximum Gasteiger partial charge on any atom is 0.349 e.